The first-order chi connectivity index (χ1) is 10.1. The molecule has 2 aromatic rings. The summed E-state index contributed by atoms with van der Waals surface area (Å²) in [4.78, 5) is 12.2. The number of aryl methyl sites for hydroxylation is 1. The standard InChI is InChI=1S/C15H13ClN2O3/c1-18-12(11(16)9-17-18)3-4-13(19)10-2-5-14-15(8-10)21-7-6-20-14/h2-5,8-9H,6-7H2,1H3/b4-3+. The molecule has 1 aromatic heterocycles. The van der Waals surface area contributed by atoms with E-state index in [0.717, 1.165) is 0 Å². The number of allylic oxidation sites excluding steroid dienone is 1. The maximum absolute atomic E-state index is 12.2. The molecule has 0 N–H and O–H groups in total. The zero-order valence-corrected chi connectivity index (χ0v) is 12.1. The van der Waals surface area contributed by atoms with E-state index >= 15 is 0 Å². The van der Waals surface area contributed by atoms with Crippen molar-refractivity contribution in [2.24, 2.45) is 7.05 Å². The molecule has 0 atom stereocenters. The van der Waals surface area contributed by atoms with Crippen LogP contribution in [-0.2, 0) is 7.05 Å². The Bertz CT molecular complexity index is 702. The van der Waals surface area contributed by atoms with Gasteiger partial charge in [0, 0.05) is 12.6 Å². The van der Waals surface area contributed by atoms with Crippen molar-refractivity contribution in [2.75, 3.05) is 13.2 Å². The minimum Gasteiger partial charge on any atom is -0.486 e. The molecule has 108 valence electrons. The van der Waals surface area contributed by atoms with E-state index in [0.29, 0.717) is 41.0 Å². The lowest BCUT2D eigenvalue weighted by atomic mass is 10.1. The lowest BCUT2D eigenvalue weighted by Gasteiger charge is -2.18. The van der Waals surface area contributed by atoms with E-state index in [1.165, 1.54) is 12.3 Å². The van der Waals surface area contributed by atoms with Crippen molar-refractivity contribution in [1.82, 2.24) is 9.78 Å². The summed E-state index contributed by atoms with van der Waals surface area (Å²) in [6.07, 6.45) is 4.65. The van der Waals surface area contributed by atoms with E-state index in [2.05, 4.69) is 5.10 Å². The van der Waals surface area contributed by atoms with E-state index < -0.39 is 0 Å². The van der Waals surface area contributed by atoms with Gasteiger partial charge in [0.2, 0.25) is 0 Å². The average Bonchev–Trinajstić information content (AvgIpc) is 2.83. The number of ketones is 1. The highest BCUT2D eigenvalue weighted by atomic mass is 35.5. The van der Waals surface area contributed by atoms with Crippen molar-refractivity contribution in [3.8, 4) is 11.5 Å². The highest BCUT2D eigenvalue weighted by molar-refractivity contribution is 6.31. The fourth-order valence-corrected chi connectivity index (χ4v) is 2.28. The van der Waals surface area contributed by atoms with Gasteiger partial charge in [0.05, 0.1) is 16.9 Å². The van der Waals surface area contributed by atoms with Gasteiger partial charge in [-0.1, -0.05) is 11.6 Å². The first-order valence-corrected chi connectivity index (χ1v) is 6.82. The molecule has 0 spiro atoms. The van der Waals surface area contributed by atoms with Crippen LogP contribution in [0.5, 0.6) is 11.5 Å². The minimum atomic E-state index is -0.135. The van der Waals surface area contributed by atoms with Crippen LogP contribution in [-0.4, -0.2) is 28.8 Å². The van der Waals surface area contributed by atoms with E-state index in [1.54, 1.807) is 36.0 Å². The number of carbonyl (C=O) groups excluding carboxylic acids is 1. The molecule has 0 saturated heterocycles. The summed E-state index contributed by atoms with van der Waals surface area (Å²) in [7, 11) is 1.76. The molecule has 1 aliphatic heterocycles. The van der Waals surface area contributed by atoms with Crippen LogP contribution in [0.15, 0.2) is 30.5 Å². The predicted molar refractivity (Wildman–Crippen MR) is 79.0 cm³/mol. The topological polar surface area (TPSA) is 53.4 Å². The van der Waals surface area contributed by atoms with Gasteiger partial charge in [0.25, 0.3) is 0 Å². The molecule has 0 unspecified atom stereocenters. The number of nitrogens with zero attached hydrogens (tertiary/aromatic N) is 2. The number of benzene rings is 1. The van der Waals surface area contributed by atoms with Crippen molar-refractivity contribution in [1.29, 1.82) is 0 Å². The number of halogens is 1. The summed E-state index contributed by atoms with van der Waals surface area (Å²) >= 11 is 5.99. The van der Waals surface area contributed by atoms with Crippen molar-refractivity contribution < 1.29 is 14.3 Å². The molecule has 0 aliphatic carbocycles. The first kappa shape index (κ1) is 13.7. The minimum absolute atomic E-state index is 0.135. The summed E-state index contributed by atoms with van der Waals surface area (Å²) in [5, 5.41) is 4.51. The largest absolute Gasteiger partial charge is 0.486 e. The highest BCUT2D eigenvalue weighted by Crippen LogP contribution is 2.31. The summed E-state index contributed by atoms with van der Waals surface area (Å²) in [6.45, 7) is 1.02. The third-order valence-corrected chi connectivity index (χ3v) is 3.45. The summed E-state index contributed by atoms with van der Waals surface area (Å²) in [5.74, 6) is 1.12. The van der Waals surface area contributed by atoms with Crippen LogP contribution < -0.4 is 9.47 Å². The van der Waals surface area contributed by atoms with Gasteiger partial charge in [-0.3, -0.25) is 9.48 Å². The molecule has 5 nitrogen and oxygen atoms in total. The van der Waals surface area contributed by atoms with Crippen LogP contribution in [0.2, 0.25) is 5.02 Å². The Morgan fingerprint density at radius 2 is 2.10 bits per heavy atom. The van der Waals surface area contributed by atoms with Crippen LogP contribution in [0.1, 0.15) is 16.1 Å². The molecule has 0 saturated carbocycles. The number of hydrogen-bond donors (Lipinski definition) is 0. The molecule has 0 amide bonds. The number of rotatable bonds is 3. The summed E-state index contributed by atoms with van der Waals surface area (Å²) in [6, 6.07) is 5.14. The molecular formula is C15H13ClN2O3. The zero-order chi connectivity index (χ0) is 14.8. The van der Waals surface area contributed by atoms with Gasteiger partial charge < -0.3 is 9.47 Å². The first-order valence-electron chi connectivity index (χ1n) is 6.45. The Kier molecular flexibility index (Phi) is 3.66. The second-order valence-electron chi connectivity index (χ2n) is 4.56. The monoisotopic (exact) mass is 304 g/mol. The average molecular weight is 305 g/mol. The number of aromatic nitrogens is 2. The van der Waals surface area contributed by atoms with Gasteiger partial charge >= 0.3 is 0 Å². The SMILES string of the molecule is Cn1ncc(Cl)c1/C=C/C(=O)c1ccc2c(c1)OCCO2. The normalized spacial score (nSPS) is 13.6. The second-order valence-corrected chi connectivity index (χ2v) is 4.96. The molecule has 0 bridgehead atoms. The fraction of sp³-hybridized carbons (Fsp3) is 0.200. The lowest BCUT2D eigenvalue weighted by molar-refractivity contribution is 0.104. The highest BCUT2D eigenvalue weighted by Gasteiger charge is 2.14. The summed E-state index contributed by atoms with van der Waals surface area (Å²) in [5.41, 5.74) is 1.22. The number of fused-ring (bicyclic) bond motifs is 1. The molecule has 2 heterocycles. The molecule has 21 heavy (non-hydrogen) atoms. The van der Waals surface area contributed by atoms with Crippen molar-refractivity contribution in [2.45, 2.75) is 0 Å². The Labute approximate surface area is 126 Å². The van der Waals surface area contributed by atoms with Gasteiger partial charge in [0.1, 0.15) is 13.2 Å². The molecule has 6 heteroatoms. The van der Waals surface area contributed by atoms with E-state index in [9.17, 15) is 4.79 Å². The molecule has 0 radical (unpaired) electrons. The van der Waals surface area contributed by atoms with Crippen LogP contribution in [0.25, 0.3) is 6.08 Å². The molecule has 1 aromatic carbocycles. The van der Waals surface area contributed by atoms with E-state index in [-0.39, 0.29) is 5.78 Å². The van der Waals surface area contributed by atoms with Gasteiger partial charge in [0.15, 0.2) is 17.3 Å². The van der Waals surface area contributed by atoms with Crippen LogP contribution >= 0.6 is 11.6 Å². The molecule has 1 aliphatic rings. The fourth-order valence-electron chi connectivity index (χ4n) is 2.06. The van der Waals surface area contributed by atoms with Gasteiger partial charge in [-0.25, -0.2) is 0 Å². The maximum Gasteiger partial charge on any atom is 0.186 e. The Morgan fingerprint density at radius 1 is 1.33 bits per heavy atom. The smallest absolute Gasteiger partial charge is 0.186 e. The van der Waals surface area contributed by atoms with Crippen molar-refractivity contribution in [3.63, 3.8) is 0 Å². The molecular weight excluding hydrogens is 292 g/mol. The Balaban J connectivity index is 1.82. The third-order valence-electron chi connectivity index (χ3n) is 3.16. The number of carbonyl (C=O) groups is 1. The quantitative estimate of drug-likeness (QED) is 0.646. The maximum atomic E-state index is 12.2. The van der Waals surface area contributed by atoms with Crippen LogP contribution in [0, 0.1) is 0 Å². The van der Waals surface area contributed by atoms with Gasteiger partial charge in [-0.05, 0) is 30.4 Å². The Hall–Kier alpha value is -2.27. The van der Waals surface area contributed by atoms with Crippen molar-refractivity contribution in [3.05, 3.63) is 46.8 Å². The number of ether oxygens (including phenoxy) is 2. The predicted octanol–water partition coefficient (Wildman–Crippen LogP) is 2.74. The van der Waals surface area contributed by atoms with Gasteiger partial charge in [-0.2, -0.15) is 5.10 Å². The van der Waals surface area contributed by atoms with Gasteiger partial charge in [-0.15, -0.1) is 0 Å². The van der Waals surface area contributed by atoms with Crippen molar-refractivity contribution >= 4 is 23.5 Å². The molecule has 3 rings (SSSR count). The zero-order valence-electron chi connectivity index (χ0n) is 11.4. The lowest BCUT2D eigenvalue weighted by Crippen LogP contribution is -2.15. The number of hydrogen-bond acceptors (Lipinski definition) is 4. The summed E-state index contributed by atoms with van der Waals surface area (Å²) < 4.78 is 12.5. The van der Waals surface area contributed by atoms with E-state index in [4.69, 9.17) is 21.1 Å². The van der Waals surface area contributed by atoms with E-state index in [1.807, 2.05) is 0 Å². The third kappa shape index (κ3) is 2.78. The van der Waals surface area contributed by atoms with Crippen LogP contribution in [0.3, 0.4) is 0 Å². The van der Waals surface area contributed by atoms with Crippen LogP contribution in [0.4, 0.5) is 0 Å². The Morgan fingerprint density at radius 3 is 2.81 bits per heavy atom. The molecule has 0 fully saturated rings. The second kappa shape index (κ2) is 5.61.